The van der Waals surface area contributed by atoms with Crippen molar-refractivity contribution in [3.8, 4) is 21.8 Å². The van der Waals surface area contributed by atoms with Crippen molar-refractivity contribution in [3.63, 3.8) is 0 Å². The van der Waals surface area contributed by atoms with Crippen molar-refractivity contribution in [1.29, 1.82) is 0 Å². The molecule has 2 aromatic heterocycles. The van der Waals surface area contributed by atoms with Gasteiger partial charge in [-0.3, -0.25) is 9.59 Å². The lowest BCUT2D eigenvalue weighted by Crippen LogP contribution is -2.27. The number of amides is 2. The lowest BCUT2D eigenvalue weighted by Gasteiger charge is -2.13. The Morgan fingerprint density at radius 1 is 1.10 bits per heavy atom. The van der Waals surface area contributed by atoms with Crippen molar-refractivity contribution in [3.05, 3.63) is 47.6 Å². The quantitative estimate of drug-likeness (QED) is 0.660. The summed E-state index contributed by atoms with van der Waals surface area (Å²) in [6, 6.07) is 9.67. The Kier molecular flexibility index (Phi) is 4.67. The lowest BCUT2D eigenvalue weighted by molar-refractivity contribution is -0.117. The molecule has 148 valence electrons. The average Bonchev–Trinajstić information content (AvgIpc) is 3.17. The Balaban J connectivity index is 1.29. The van der Waals surface area contributed by atoms with Gasteiger partial charge in [0.05, 0.1) is 5.69 Å². The van der Waals surface area contributed by atoms with Gasteiger partial charge >= 0.3 is 0 Å². The molecule has 0 radical (unpaired) electrons. The van der Waals surface area contributed by atoms with E-state index in [2.05, 4.69) is 10.3 Å². The predicted octanol–water partition coefficient (Wildman–Crippen LogP) is 4.39. The molecule has 1 saturated heterocycles. The number of carbonyl (C=O) groups excluding carboxylic acids is 2. The first-order valence-corrected chi connectivity index (χ1v) is 10.9. The summed E-state index contributed by atoms with van der Waals surface area (Å²) in [6.45, 7) is 1.68. The number of likely N-dealkylation sites (tertiary alicyclic amines) is 1. The number of rotatable bonds is 5. The van der Waals surface area contributed by atoms with Crippen LogP contribution in [0.1, 0.15) is 36.2 Å². The molecular formula is C22H22N4O2S. The molecule has 6 nitrogen and oxygen atoms in total. The molecule has 1 aliphatic carbocycles. The summed E-state index contributed by atoms with van der Waals surface area (Å²) in [6.07, 6.45) is 6.00. The number of hydrogen-bond donors (Lipinski definition) is 2. The Morgan fingerprint density at radius 2 is 1.86 bits per heavy atom. The first-order valence-electron chi connectivity index (χ1n) is 10.0. The fraction of sp³-hybridized carbons (Fsp3) is 0.318. The van der Waals surface area contributed by atoms with Gasteiger partial charge in [-0.15, -0.1) is 11.3 Å². The number of aromatic amines is 1. The topological polar surface area (TPSA) is 78.1 Å². The number of carbonyl (C=O) groups is 2. The maximum atomic E-state index is 12.5. The van der Waals surface area contributed by atoms with Crippen LogP contribution < -0.4 is 5.32 Å². The van der Waals surface area contributed by atoms with E-state index < -0.39 is 0 Å². The summed E-state index contributed by atoms with van der Waals surface area (Å²) >= 11 is 1.57. The predicted molar refractivity (Wildman–Crippen MR) is 114 cm³/mol. The maximum Gasteiger partial charge on any atom is 0.270 e. The SMILES string of the molecule is O=C(Nc1ccc(-c2nc(-c3c[nH]c(C(=O)N4CCCC4)c3)cs2)cc1)C1CC1. The highest BCUT2D eigenvalue weighted by molar-refractivity contribution is 7.13. The Hall–Kier alpha value is -2.93. The number of anilines is 1. The summed E-state index contributed by atoms with van der Waals surface area (Å²) in [5.41, 5.74) is 4.22. The lowest BCUT2D eigenvalue weighted by atomic mass is 10.2. The molecule has 0 unspecified atom stereocenters. The van der Waals surface area contributed by atoms with Crippen LogP contribution in [0.2, 0.25) is 0 Å². The van der Waals surface area contributed by atoms with Crippen molar-refractivity contribution in [2.24, 2.45) is 5.92 Å². The van der Waals surface area contributed by atoms with Crippen LogP contribution in [0.25, 0.3) is 21.8 Å². The largest absolute Gasteiger partial charge is 0.357 e. The van der Waals surface area contributed by atoms with Gasteiger partial charge in [-0.2, -0.15) is 0 Å². The smallest absolute Gasteiger partial charge is 0.270 e. The van der Waals surface area contributed by atoms with E-state index in [1.807, 2.05) is 46.8 Å². The Morgan fingerprint density at radius 3 is 2.59 bits per heavy atom. The second kappa shape index (κ2) is 7.48. The number of aromatic nitrogens is 2. The molecule has 1 saturated carbocycles. The molecule has 5 rings (SSSR count). The second-order valence-corrected chi connectivity index (χ2v) is 8.54. The fourth-order valence-electron chi connectivity index (χ4n) is 3.58. The molecule has 0 atom stereocenters. The van der Waals surface area contributed by atoms with E-state index in [0.29, 0.717) is 5.69 Å². The summed E-state index contributed by atoms with van der Waals surface area (Å²) in [7, 11) is 0. The minimum atomic E-state index is 0.0630. The average molecular weight is 407 g/mol. The van der Waals surface area contributed by atoms with Gasteiger partial charge in [0.25, 0.3) is 5.91 Å². The molecule has 2 aliphatic rings. The van der Waals surface area contributed by atoms with Crippen LogP contribution in [0.5, 0.6) is 0 Å². The number of H-pyrrole nitrogens is 1. The van der Waals surface area contributed by atoms with Crippen LogP contribution in [0.3, 0.4) is 0 Å². The normalized spacial score (nSPS) is 16.2. The third-order valence-corrected chi connectivity index (χ3v) is 6.35. The van der Waals surface area contributed by atoms with Gasteiger partial charge in [0.1, 0.15) is 10.7 Å². The standard InChI is InChI=1S/C22H22N4O2S/c27-20(14-3-4-14)24-17-7-5-15(6-8-17)21-25-19(13-29-21)16-11-18(23-12-16)22(28)26-9-1-2-10-26/h5-8,11-14,23H,1-4,9-10H2,(H,24,27). The number of nitrogens with zero attached hydrogens (tertiary/aromatic N) is 2. The molecule has 1 aliphatic heterocycles. The summed E-state index contributed by atoms with van der Waals surface area (Å²) in [5, 5.41) is 5.87. The molecule has 3 aromatic rings. The summed E-state index contributed by atoms with van der Waals surface area (Å²) < 4.78 is 0. The zero-order valence-electron chi connectivity index (χ0n) is 16.0. The minimum Gasteiger partial charge on any atom is -0.357 e. The van der Waals surface area contributed by atoms with Crippen LogP contribution in [-0.2, 0) is 4.79 Å². The first-order chi connectivity index (χ1) is 14.2. The van der Waals surface area contributed by atoms with E-state index in [1.54, 1.807) is 11.3 Å². The Labute approximate surface area is 173 Å². The van der Waals surface area contributed by atoms with E-state index in [0.717, 1.165) is 66.3 Å². The van der Waals surface area contributed by atoms with E-state index >= 15 is 0 Å². The molecule has 0 bridgehead atoms. The molecule has 29 heavy (non-hydrogen) atoms. The van der Waals surface area contributed by atoms with Crippen molar-refractivity contribution in [2.75, 3.05) is 18.4 Å². The highest BCUT2D eigenvalue weighted by Crippen LogP contribution is 2.32. The Bertz CT molecular complexity index is 1040. The van der Waals surface area contributed by atoms with Crippen LogP contribution in [0.4, 0.5) is 5.69 Å². The molecule has 7 heteroatoms. The molecule has 2 N–H and O–H groups in total. The molecule has 1 aromatic carbocycles. The number of benzene rings is 1. The van der Waals surface area contributed by atoms with Crippen LogP contribution >= 0.6 is 11.3 Å². The third-order valence-electron chi connectivity index (χ3n) is 5.45. The molecule has 2 amide bonds. The zero-order chi connectivity index (χ0) is 19.8. The fourth-order valence-corrected chi connectivity index (χ4v) is 4.42. The van der Waals surface area contributed by atoms with Gasteiger partial charge in [-0.05, 0) is 56.0 Å². The molecule has 3 heterocycles. The highest BCUT2D eigenvalue weighted by atomic mass is 32.1. The highest BCUT2D eigenvalue weighted by Gasteiger charge is 2.29. The number of hydrogen-bond acceptors (Lipinski definition) is 4. The maximum absolute atomic E-state index is 12.5. The first kappa shape index (κ1) is 18.1. The van der Waals surface area contributed by atoms with Crippen molar-refractivity contribution < 1.29 is 9.59 Å². The van der Waals surface area contributed by atoms with Gasteiger partial charge in [0.2, 0.25) is 5.91 Å². The van der Waals surface area contributed by atoms with E-state index in [1.165, 1.54) is 0 Å². The van der Waals surface area contributed by atoms with Crippen molar-refractivity contribution in [1.82, 2.24) is 14.9 Å². The summed E-state index contributed by atoms with van der Waals surface area (Å²) in [4.78, 5) is 34.1. The molecule has 0 spiro atoms. The minimum absolute atomic E-state index is 0.0630. The number of thiazole rings is 1. The van der Waals surface area contributed by atoms with Gasteiger partial charge in [-0.1, -0.05) is 0 Å². The van der Waals surface area contributed by atoms with E-state index in [9.17, 15) is 9.59 Å². The summed E-state index contributed by atoms with van der Waals surface area (Å²) in [5.74, 6) is 0.369. The van der Waals surface area contributed by atoms with Gasteiger partial charge in [0.15, 0.2) is 0 Å². The van der Waals surface area contributed by atoms with E-state index in [4.69, 9.17) is 4.98 Å². The van der Waals surface area contributed by atoms with Crippen molar-refractivity contribution >= 4 is 28.8 Å². The second-order valence-electron chi connectivity index (χ2n) is 7.68. The molecular weight excluding hydrogens is 384 g/mol. The van der Waals surface area contributed by atoms with Crippen molar-refractivity contribution in [2.45, 2.75) is 25.7 Å². The monoisotopic (exact) mass is 406 g/mol. The van der Waals surface area contributed by atoms with Gasteiger partial charge in [0, 0.05) is 47.4 Å². The van der Waals surface area contributed by atoms with Crippen LogP contribution in [0.15, 0.2) is 41.9 Å². The third kappa shape index (κ3) is 3.82. The van der Waals surface area contributed by atoms with Gasteiger partial charge in [-0.25, -0.2) is 4.98 Å². The van der Waals surface area contributed by atoms with E-state index in [-0.39, 0.29) is 17.7 Å². The zero-order valence-corrected chi connectivity index (χ0v) is 16.8. The van der Waals surface area contributed by atoms with Crippen LogP contribution in [0, 0.1) is 5.92 Å². The molecule has 2 fully saturated rings. The number of nitrogens with one attached hydrogen (secondary N) is 2. The van der Waals surface area contributed by atoms with Crippen LogP contribution in [-0.4, -0.2) is 39.8 Å². The van der Waals surface area contributed by atoms with Gasteiger partial charge < -0.3 is 15.2 Å².